The molecule has 0 spiro atoms. The van der Waals surface area contributed by atoms with Crippen molar-refractivity contribution in [2.24, 2.45) is 0 Å². The van der Waals surface area contributed by atoms with E-state index in [1.54, 1.807) is 6.08 Å². The van der Waals surface area contributed by atoms with Gasteiger partial charge in [0.25, 0.3) is 0 Å². The van der Waals surface area contributed by atoms with Gasteiger partial charge in [0, 0.05) is 6.08 Å². The predicted octanol–water partition coefficient (Wildman–Crippen LogP) is 0.239. The van der Waals surface area contributed by atoms with Gasteiger partial charge >= 0.3 is 5.97 Å². The summed E-state index contributed by atoms with van der Waals surface area (Å²) in [6, 6.07) is 0. The van der Waals surface area contributed by atoms with Gasteiger partial charge in [-0.15, -0.1) is 0 Å². The second kappa shape index (κ2) is 7.76. The molecule has 0 fully saturated rings. The normalized spacial score (nSPS) is 13.2. The van der Waals surface area contributed by atoms with E-state index in [1.807, 2.05) is 6.92 Å². The van der Waals surface area contributed by atoms with Crippen LogP contribution < -0.4 is 0 Å². The highest BCUT2D eigenvalue weighted by Crippen LogP contribution is 1.91. The molecule has 0 rings (SSSR count). The minimum absolute atomic E-state index is 0.161. The third-order valence-corrected chi connectivity index (χ3v) is 1.34. The smallest absolute Gasteiger partial charge is 0.330 e. The number of esters is 1. The van der Waals surface area contributed by atoms with Crippen LogP contribution in [0.3, 0.4) is 0 Å². The van der Waals surface area contributed by atoms with E-state index in [2.05, 4.69) is 4.74 Å². The first-order valence-corrected chi connectivity index (χ1v) is 4.33. The van der Waals surface area contributed by atoms with Gasteiger partial charge in [-0.05, 0) is 6.42 Å². The number of hydrogen-bond donors (Lipinski definition) is 2. The molecule has 0 aliphatic carbocycles. The zero-order valence-corrected chi connectivity index (χ0v) is 7.77. The molecule has 0 amide bonds. The van der Waals surface area contributed by atoms with E-state index >= 15 is 0 Å². The Kier molecular flexibility index (Phi) is 7.24. The molecule has 0 saturated carbocycles. The fraction of sp³-hybridized carbons (Fsp3) is 0.667. The number of carbonyl (C=O) groups excluding carboxylic acids is 1. The number of unbranched alkanes of at least 4 members (excludes halogenated alkanes) is 1. The molecule has 0 aliphatic rings. The Labute approximate surface area is 77.8 Å². The van der Waals surface area contributed by atoms with Crippen molar-refractivity contribution in [1.82, 2.24) is 0 Å². The molecule has 0 saturated heterocycles. The van der Waals surface area contributed by atoms with Crippen molar-refractivity contribution in [2.45, 2.75) is 25.9 Å². The van der Waals surface area contributed by atoms with Crippen LogP contribution in [0.15, 0.2) is 12.2 Å². The van der Waals surface area contributed by atoms with Crippen LogP contribution >= 0.6 is 0 Å². The van der Waals surface area contributed by atoms with Gasteiger partial charge in [-0.2, -0.15) is 0 Å². The largest absolute Gasteiger partial charge is 0.460 e. The van der Waals surface area contributed by atoms with Crippen LogP contribution in [0.5, 0.6) is 0 Å². The highest BCUT2D eigenvalue weighted by Gasteiger charge is 2.04. The lowest BCUT2D eigenvalue weighted by Crippen LogP contribution is -2.21. The Morgan fingerprint density at radius 2 is 2.31 bits per heavy atom. The van der Waals surface area contributed by atoms with Gasteiger partial charge in [-0.3, -0.25) is 0 Å². The number of aliphatic hydroxyl groups excluding tert-OH is 2. The fourth-order valence-corrected chi connectivity index (χ4v) is 0.625. The van der Waals surface area contributed by atoms with Crippen molar-refractivity contribution >= 4 is 5.97 Å². The van der Waals surface area contributed by atoms with Crippen molar-refractivity contribution in [2.75, 3.05) is 13.2 Å². The van der Waals surface area contributed by atoms with E-state index in [-0.39, 0.29) is 6.61 Å². The fourth-order valence-electron chi connectivity index (χ4n) is 0.625. The molecule has 0 bridgehead atoms. The van der Waals surface area contributed by atoms with Gasteiger partial charge in [0.1, 0.15) is 12.7 Å². The third kappa shape index (κ3) is 7.49. The maximum Gasteiger partial charge on any atom is 0.330 e. The van der Waals surface area contributed by atoms with Crippen LogP contribution in [0, 0.1) is 0 Å². The lowest BCUT2D eigenvalue weighted by Gasteiger charge is -2.05. The lowest BCUT2D eigenvalue weighted by atomic mass is 10.3. The van der Waals surface area contributed by atoms with E-state index in [1.165, 1.54) is 6.08 Å². The first-order chi connectivity index (χ1) is 6.20. The maximum atomic E-state index is 10.8. The van der Waals surface area contributed by atoms with Crippen LogP contribution in [0.2, 0.25) is 0 Å². The summed E-state index contributed by atoms with van der Waals surface area (Å²) in [5, 5.41) is 17.2. The number of hydrogen-bond acceptors (Lipinski definition) is 4. The van der Waals surface area contributed by atoms with Gasteiger partial charge in [-0.1, -0.05) is 19.4 Å². The molecule has 76 valence electrons. The summed E-state index contributed by atoms with van der Waals surface area (Å²) < 4.78 is 4.61. The molecular formula is C9H16O4. The summed E-state index contributed by atoms with van der Waals surface area (Å²) in [7, 11) is 0. The van der Waals surface area contributed by atoms with E-state index < -0.39 is 18.7 Å². The number of carbonyl (C=O) groups is 1. The molecule has 0 aromatic rings. The Bertz CT molecular complexity index is 165. The Balaban J connectivity index is 3.51. The quantitative estimate of drug-likeness (QED) is 0.463. The lowest BCUT2D eigenvalue weighted by molar-refractivity contribution is -0.141. The summed E-state index contributed by atoms with van der Waals surface area (Å²) >= 11 is 0. The Morgan fingerprint density at radius 1 is 1.62 bits per heavy atom. The molecule has 4 heteroatoms. The summed E-state index contributed by atoms with van der Waals surface area (Å²) in [6.07, 6.45) is 3.87. The predicted molar refractivity (Wildman–Crippen MR) is 48.1 cm³/mol. The van der Waals surface area contributed by atoms with Crippen LogP contribution in [0.25, 0.3) is 0 Å². The van der Waals surface area contributed by atoms with E-state index in [0.717, 1.165) is 12.8 Å². The number of rotatable bonds is 6. The molecule has 13 heavy (non-hydrogen) atoms. The van der Waals surface area contributed by atoms with Gasteiger partial charge in [0.2, 0.25) is 0 Å². The number of ether oxygens (including phenoxy) is 1. The number of allylic oxidation sites excluding steroid dienone is 1. The topological polar surface area (TPSA) is 66.8 Å². The second-order valence-electron chi connectivity index (χ2n) is 2.66. The highest BCUT2D eigenvalue weighted by molar-refractivity contribution is 5.81. The van der Waals surface area contributed by atoms with Crippen LogP contribution in [-0.2, 0) is 9.53 Å². The standard InChI is InChI=1S/C9H16O4/c1-2-3-4-5-9(12)13-7-8(11)6-10/h4-5,8,10-11H,2-3,6-7H2,1H3/b5-4+. The van der Waals surface area contributed by atoms with E-state index in [0.29, 0.717) is 0 Å². The first-order valence-electron chi connectivity index (χ1n) is 4.33. The minimum Gasteiger partial charge on any atom is -0.460 e. The monoisotopic (exact) mass is 188 g/mol. The SMILES string of the molecule is CCC/C=C/C(=O)OCC(O)CO. The van der Waals surface area contributed by atoms with Crippen molar-refractivity contribution in [3.63, 3.8) is 0 Å². The zero-order chi connectivity index (χ0) is 10.1. The van der Waals surface area contributed by atoms with Crippen molar-refractivity contribution in [1.29, 1.82) is 0 Å². The summed E-state index contributed by atoms with van der Waals surface area (Å²) in [6.45, 7) is 1.45. The Morgan fingerprint density at radius 3 is 2.85 bits per heavy atom. The molecular weight excluding hydrogens is 172 g/mol. The van der Waals surface area contributed by atoms with Gasteiger partial charge in [0.05, 0.1) is 6.61 Å². The molecule has 2 N–H and O–H groups in total. The first kappa shape index (κ1) is 12.1. The highest BCUT2D eigenvalue weighted by atomic mass is 16.5. The van der Waals surface area contributed by atoms with Crippen LogP contribution in [-0.4, -0.2) is 35.5 Å². The van der Waals surface area contributed by atoms with Crippen molar-refractivity contribution in [3.8, 4) is 0 Å². The second-order valence-corrected chi connectivity index (χ2v) is 2.66. The van der Waals surface area contributed by atoms with E-state index in [4.69, 9.17) is 10.2 Å². The zero-order valence-electron chi connectivity index (χ0n) is 7.77. The molecule has 1 atom stereocenters. The third-order valence-electron chi connectivity index (χ3n) is 1.34. The average Bonchev–Trinajstić information content (AvgIpc) is 2.14. The molecule has 0 aliphatic heterocycles. The molecule has 4 nitrogen and oxygen atoms in total. The molecule has 0 aromatic heterocycles. The van der Waals surface area contributed by atoms with Crippen LogP contribution in [0.1, 0.15) is 19.8 Å². The molecule has 0 radical (unpaired) electrons. The van der Waals surface area contributed by atoms with E-state index in [9.17, 15) is 4.79 Å². The average molecular weight is 188 g/mol. The summed E-state index contributed by atoms with van der Waals surface area (Å²) in [5.74, 6) is -0.485. The Hall–Kier alpha value is -0.870. The van der Waals surface area contributed by atoms with Gasteiger partial charge in [-0.25, -0.2) is 4.79 Å². The molecule has 0 heterocycles. The maximum absolute atomic E-state index is 10.8. The summed E-state index contributed by atoms with van der Waals surface area (Å²) in [4.78, 5) is 10.8. The molecule has 1 unspecified atom stereocenters. The minimum atomic E-state index is -0.983. The molecule has 0 aromatic carbocycles. The van der Waals surface area contributed by atoms with Gasteiger partial charge in [0.15, 0.2) is 0 Å². The van der Waals surface area contributed by atoms with Crippen molar-refractivity contribution < 1.29 is 19.7 Å². The van der Waals surface area contributed by atoms with Crippen molar-refractivity contribution in [3.05, 3.63) is 12.2 Å². The van der Waals surface area contributed by atoms with Crippen LogP contribution in [0.4, 0.5) is 0 Å². The van der Waals surface area contributed by atoms with Gasteiger partial charge < -0.3 is 14.9 Å². The summed E-state index contributed by atoms with van der Waals surface area (Å²) in [5.41, 5.74) is 0. The number of aliphatic hydroxyl groups is 2.